The van der Waals surface area contributed by atoms with Crippen LogP contribution in [0.25, 0.3) is 32.8 Å². The highest BCUT2D eigenvalue weighted by Crippen LogP contribution is 2.41. The number of hydrogen-bond acceptors (Lipinski definition) is 1. The molecule has 0 aliphatic carbocycles. The molecule has 156 valence electrons. The lowest BCUT2D eigenvalue weighted by Gasteiger charge is -2.24. The summed E-state index contributed by atoms with van der Waals surface area (Å²) in [6, 6.07) is 45.7. The van der Waals surface area contributed by atoms with Gasteiger partial charge in [-0.15, -0.1) is 0 Å². The standard InChI is InChI=1S/C31H22NP/c1-3-13-25(14-4-1)33(26-15-5-2-6-16-26)29-20-19-23-11-7-9-17-27(23)30(29)31-28-18-10-8-12-24(28)21-22-32-31/h1-22H. The SMILES string of the molecule is c1ccc(P(c2ccccc2)c2ccc3ccccc3c2-c2nccc3ccccc23)cc1. The molecule has 1 aromatic heterocycles. The van der Waals surface area contributed by atoms with E-state index in [9.17, 15) is 0 Å². The molecule has 0 fully saturated rings. The second-order valence-corrected chi connectivity index (χ2v) is 10.3. The summed E-state index contributed by atoms with van der Waals surface area (Å²) < 4.78 is 0. The minimum absolute atomic E-state index is 0.759. The summed E-state index contributed by atoms with van der Waals surface area (Å²) in [5.74, 6) is 0. The predicted molar refractivity (Wildman–Crippen MR) is 143 cm³/mol. The highest BCUT2D eigenvalue weighted by molar-refractivity contribution is 7.80. The Morgan fingerprint density at radius 3 is 1.67 bits per heavy atom. The zero-order valence-electron chi connectivity index (χ0n) is 18.1. The lowest BCUT2D eigenvalue weighted by molar-refractivity contribution is 1.37. The van der Waals surface area contributed by atoms with Gasteiger partial charge in [-0.25, -0.2) is 0 Å². The molecule has 1 heterocycles. The van der Waals surface area contributed by atoms with E-state index in [0.717, 1.165) is 5.69 Å². The maximum Gasteiger partial charge on any atom is 0.0793 e. The molecule has 0 saturated heterocycles. The van der Waals surface area contributed by atoms with Crippen LogP contribution in [-0.4, -0.2) is 4.98 Å². The largest absolute Gasteiger partial charge is 0.256 e. The molecule has 1 nitrogen and oxygen atoms in total. The third-order valence-corrected chi connectivity index (χ3v) is 8.57. The number of rotatable bonds is 4. The van der Waals surface area contributed by atoms with Crippen molar-refractivity contribution in [2.24, 2.45) is 0 Å². The molecule has 0 unspecified atom stereocenters. The Hall–Kier alpha value is -3.80. The van der Waals surface area contributed by atoms with Crippen molar-refractivity contribution in [3.8, 4) is 11.3 Å². The minimum atomic E-state index is -0.759. The number of benzene rings is 5. The Morgan fingerprint density at radius 2 is 1.00 bits per heavy atom. The number of aromatic nitrogens is 1. The van der Waals surface area contributed by atoms with Gasteiger partial charge in [-0.2, -0.15) is 0 Å². The zero-order chi connectivity index (χ0) is 22.0. The molecule has 0 atom stereocenters. The van der Waals surface area contributed by atoms with Crippen molar-refractivity contribution in [3.05, 3.63) is 134 Å². The summed E-state index contributed by atoms with van der Waals surface area (Å²) in [7, 11) is -0.759. The van der Waals surface area contributed by atoms with Crippen molar-refractivity contribution in [2.75, 3.05) is 0 Å². The lowest BCUT2D eigenvalue weighted by atomic mass is 9.98. The van der Waals surface area contributed by atoms with Crippen LogP contribution in [0.2, 0.25) is 0 Å². The Bertz CT molecular complexity index is 1510. The van der Waals surface area contributed by atoms with E-state index in [4.69, 9.17) is 4.98 Å². The van der Waals surface area contributed by atoms with Crippen molar-refractivity contribution in [3.63, 3.8) is 0 Å². The summed E-state index contributed by atoms with van der Waals surface area (Å²) in [4.78, 5) is 4.97. The molecule has 0 spiro atoms. The maximum absolute atomic E-state index is 4.97. The van der Waals surface area contributed by atoms with E-state index in [1.807, 2.05) is 6.20 Å². The average molecular weight is 439 g/mol. The molecular formula is C31H22NP. The van der Waals surface area contributed by atoms with Gasteiger partial charge in [-0.1, -0.05) is 121 Å². The van der Waals surface area contributed by atoms with E-state index in [1.54, 1.807) is 0 Å². The third-order valence-electron chi connectivity index (χ3n) is 6.09. The number of fused-ring (bicyclic) bond motifs is 2. The van der Waals surface area contributed by atoms with Gasteiger partial charge in [-0.05, 0) is 46.1 Å². The monoisotopic (exact) mass is 439 g/mol. The van der Waals surface area contributed by atoms with E-state index < -0.39 is 7.92 Å². The molecule has 0 saturated carbocycles. The van der Waals surface area contributed by atoms with Crippen molar-refractivity contribution in [1.29, 1.82) is 0 Å². The van der Waals surface area contributed by atoms with Crippen LogP contribution in [0, 0.1) is 0 Å². The summed E-state index contributed by atoms with van der Waals surface area (Å²) in [5.41, 5.74) is 2.29. The molecule has 2 heteroatoms. The van der Waals surface area contributed by atoms with Crippen molar-refractivity contribution >= 4 is 45.4 Å². The summed E-state index contributed by atoms with van der Waals surface area (Å²) in [6.07, 6.45) is 1.94. The molecule has 0 radical (unpaired) electrons. The van der Waals surface area contributed by atoms with Crippen LogP contribution in [-0.2, 0) is 0 Å². The average Bonchev–Trinajstić information content (AvgIpc) is 2.90. The van der Waals surface area contributed by atoms with Gasteiger partial charge in [0.05, 0.1) is 5.69 Å². The fourth-order valence-corrected chi connectivity index (χ4v) is 7.06. The first-order valence-electron chi connectivity index (χ1n) is 11.2. The third kappa shape index (κ3) is 3.61. The number of nitrogens with zero attached hydrogens (tertiary/aromatic N) is 1. The Kier molecular flexibility index (Phi) is 5.19. The maximum atomic E-state index is 4.97. The summed E-state index contributed by atoms with van der Waals surface area (Å²) >= 11 is 0. The van der Waals surface area contributed by atoms with E-state index in [1.165, 1.54) is 43.0 Å². The van der Waals surface area contributed by atoms with Crippen LogP contribution in [0.5, 0.6) is 0 Å². The van der Waals surface area contributed by atoms with Crippen LogP contribution in [0.1, 0.15) is 0 Å². The van der Waals surface area contributed by atoms with Crippen molar-refractivity contribution in [1.82, 2.24) is 4.98 Å². The number of pyridine rings is 1. The second-order valence-electron chi connectivity index (χ2n) is 8.07. The van der Waals surface area contributed by atoms with Crippen LogP contribution in [0.4, 0.5) is 0 Å². The van der Waals surface area contributed by atoms with Crippen LogP contribution < -0.4 is 15.9 Å². The molecule has 0 aliphatic heterocycles. The molecule has 6 rings (SSSR count). The number of hydrogen-bond donors (Lipinski definition) is 0. The van der Waals surface area contributed by atoms with E-state index >= 15 is 0 Å². The first kappa shape index (κ1) is 19.9. The van der Waals surface area contributed by atoms with Gasteiger partial charge in [0.2, 0.25) is 0 Å². The van der Waals surface area contributed by atoms with Gasteiger partial charge in [0.15, 0.2) is 0 Å². The first-order chi connectivity index (χ1) is 16.4. The van der Waals surface area contributed by atoms with Gasteiger partial charge in [0.25, 0.3) is 0 Å². The molecular weight excluding hydrogens is 417 g/mol. The highest BCUT2D eigenvalue weighted by atomic mass is 31.1. The van der Waals surface area contributed by atoms with Gasteiger partial charge in [-0.3, -0.25) is 4.98 Å². The topological polar surface area (TPSA) is 12.9 Å². The quantitative estimate of drug-likeness (QED) is 0.275. The fourth-order valence-electron chi connectivity index (χ4n) is 4.60. The fraction of sp³-hybridized carbons (Fsp3) is 0. The molecule has 0 bridgehead atoms. The van der Waals surface area contributed by atoms with E-state index in [0.29, 0.717) is 0 Å². The van der Waals surface area contributed by atoms with E-state index in [-0.39, 0.29) is 0 Å². The van der Waals surface area contributed by atoms with Gasteiger partial charge < -0.3 is 0 Å². The molecule has 0 aliphatic rings. The first-order valence-corrected chi connectivity index (χ1v) is 12.5. The van der Waals surface area contributed by atoms with Crippen LogP contribution in [0.3, 0.4) is 0 Å². The van der Waals surface area contributed by atoms with Gasteiger partial charge in [0, 0.05) is 17.1 Å². The summed E-state index contributed by atoms with van der Waals surface area (Å²) in [5, 5.41) is 8.91. The molecule has 33 heavy (non-hydrogen) atoms. The highest BCUT2D eigenvalue weighted by Gasteiger charge is 2.23. The predicted octanol–water partition coefficient (Wildman–Crippen LogP) is 6.81. The van der Waals surface area contributed by atoms with Gasteiger partial charge >= 0.3 is 0 Å². The van der Waals surface area contributed by atoms with Crippen LogP contribution >= 0.6 is 7.92 Å². The second kappa shape index (κ2) is 8.62. The Balaban J connectivity index is 1.73. The molecule has 6 aromatic rings. The zero-order valence-corrected chi connectivity index (χ0v) is 19.0. The van der Waals surface area contributed by atoms with Crippen molar-refractivity contribution < 1.29 is 0 Å². The molecule has 0 N–H and O–H groups in total. The lowest BCUT2D eigenvalue weighted by Crippen LogP contribution is -2.22. The summed E-state index contributed by atoms with van der Waals surface area (Å²) in [6.45, 7) is 0. The minimum Gasteiger partial charge on any atom is -0.256 e. The van der Waals surface area contributed by atoms with Crippen LogP contribution in [0.15, 0.2) is 134 Å². The Labute approximate surface area is 195 Å². The smallest absolute Gasteiger partial charge is 0.0793 e. The van der Waals surface area contributed by atoms with Crippen molar-refractivity contribution in [2.45, 2.75) is 0 Å². The van der Waals surface area contributed by atoms with Gasteiger partial charge in [0.1, 0.15) is 0 Å². The molecule has 5 aromatic carbocycles. The Morgan fingerprint density at radius 1 is 0.455 bits per heavy atom. The molecule has 0 amide bonds. The van der Waals surface area contributed by atoms with E-state index in [2.05, 4.69) is 127 Å². The normalized spacial score (nSPS) is 11.3.